The second kappa shape index (κ2) is 6.74. The zero-order valence-corrected chi connectivity index (χ0v) is 13.0. The van der Waals surface area contributed by atoms with Gasteiger partial charge >= 0.3 is 0 Å². The van der Waals surface area contributed by atoms with Gasteiger partial charge < -0.3 is 10.2 Å². The lowest BCUT2D eigenvalue weighted by molar-refractivity contribution is -0.121. The standard InChI is InChI=1S/C15H24N4O2/c1-4-5-14(20)16-11-6-7-19(9-11)15(21)13-8-12(10(2)3)17-18-13/h8,10-11H,4-7,9H2,1-3H3,(H,16,20)(H,17,18). The molecule has 1 aliphatic heterocycles. The minimum atomic E-state index is -0.0401. The predicted molar refractivity (Wildman–Crippen MR) is 80.0 cm³/mol. The molecule has 2 N–H and O–H groups in total. The maximum Gasteiger partial charge on any atom is 0.271 e. The minimum absolute atomic E-state index is 0.0401. The second-order valence-electron chi connectivity index (χ2n) is 5.92. The van der Waals surface area contributed by atoms with Gasteiger partial charge in [-0.25, -0.2) is 0 Å². The first-order chi connectivity index (χ1) is 10.0. The number of amides is 2. The fraction of sp³-hybridized carbons (Fsp3) is 0.667. The first-order valence-electron chi connectivity index (χ1n) is 7.65. The van der Waals surface area contributed by atoms with Gasteiger partial charge in [0.25, 0.3) is 5.91 Å². The summed E-state index contributed by atoms with van der Waals surface area (Å²) in [5, 5.41) is 9.95. The van der Waals surface area contributed by atoms with Crippen LogP contribution in [0.15, 0.2) is 6.07 Å². The summed E-state index contributed by atoms with van der Waals surface area (Å²) in [5.74, 6) is 0.324. The van der Waals surface area contributed by atoms with Crippen LogP contribution in [0.25, 0.3) is 0 Å². The topological polar surface area (TPSA) is 78.1 Å². The van der Waals surface area contributed by atoms with Crippen LogP contribution in [-0.4, -0.2) is 46.0 Å². The van der Waals surface area contributed by atoms with E-state index in [0.717, 1.165) is 18.5 Å². The molecule has 1 saturated heterocycles. The molecular weight excluding hydrogens is 268 g/mol. The second-order valence-corrected chi connectivity index (χ2v) is 5.92. The van der Waals surface area contributed by atoms with Gasteiger partial charge in [-0.1, -0.05) is 20.8 Å². The summed E-state index contributed by atoms with van der Waals surface area (Å²) in [4.78, 5) is 25.7. The first kappa shape index (κ1) is 15.5. The summed E-state index contributed by atoms with van der Waals surface area (Å²) in [6, 6.07) is 1.89. The van der Waals surface area contributed by atoms with Gasteiger partial charge in [-0.2, -0.15) is 5.10 Å². The van der Waals surface area contributed by atoms with Crippen molar-refractivity contribution in [2.75, 3.05) is 13.1 Å². The minimum Gasteiger partial charge on any atom is -0.352 e. The number of aromatic nitrogens is 2. The largest absolute Gasteiger partial charge is 0.352 e. The number of likely N-dealkylation sites (tertiary alicyclic amines) is 1. The summed E-state index contributed by atoms with van der Waals surface area (Å²) in [6.45, 7) is 7.31. The van der Waals surface area contributed by atoms with Crippen molar-refractivity contribution < 1.29 is 9.59 Å². The molecule has 2 amide bonds. The van der Waals surface area contributed by atoms with Crippen molar-refractivity contribution in [2.24, 2.45) is 0 Å². The highest BCUT2D eigenvalue weighted by Crippen LogP contribution is 2.16. The summed E-state index contributed by atoms with van der Waals surface area (Å²) >= 11 is 0. The molecule has 0 bridgehead atoms. The van der Waals surface area contributed by atoms with Crippen LogP contribution in [0, 0.1) is 0 Å². The number of rotatable bonds is 5. The molecule has 116 valence electrons. The number of hydrogen-bond donors (Lipinski definition) is 2. The summed E-state index contributed by atoms with van der Waals surface area (Å²) < 4.78 is 0. The van der Waals surface area contributed by atoms with Gasteiger partial charge in [0.15, 0.2) is 0 Å². The van der Waals surface area contributed by atoms with E-state index in [1.54, 1.807) is 4.90 Å². The molecule has 2 heterocycles. The normalized spacial score (nSPS) is 18.3. The number of nitrogens with one attached hydrogen (secondary N) is 2. The molecule has 0 radical (unpaired) electrons. The van der Waals surface area contributed by atoms with Crippen molar-refractivity contribution in [2.45, 2.75) is 52.0 Å². The highest BCUT2D eigenvalue weighted by Gasteiger charge is 2.28. The SMILES string of the molecule is CCCC(=O)NC1CCN(C(=O)c2cc(C(C)C)n[nH]2)C1. The highest BCUT2D eigenvalue weighted by molar-refractivity contribution is 5.92. The Bertz CT molecular complexity index is 510. The van der Waals surface area contributed by atoms with Gasteiger partial charge in [0, 0.05) is 25.6 Å². The van der Waals surface area contributed by atoms with E-state index < -0.39 is 0 Å². The van der Waals surface area contributed by atoms with Crippen molar-refractivity contribution in [3.63, 3.8) is 0 Å². The van der Waals surface area contributed by atoms with Crippen LogP contribution in [-0.2, 0) is 4.79 Å². The third-order valence-corrected chi connectivity index (χ3v) is 3.74. The molecule has 0 aromatic carbocycles. The third kappa shape index (κ3) is 3.83. The third-order valence-electron chi connectivity index (χ3n) is 3.74. The number of carbonyl (C=O) groups excluding carboxylic acids is 2. The summed E-state index contributed by atoms with van der Waals surface area (Å²) in [6.07, 6.45) is 2.20. The molecule has 0 aliphatic carbocycles. The monoisotopic (exact) mass is 292 g/mol. The molecule has 1 unspecified atom stereocenters. The van der Waals surface area contributed by atoms with Gasteiger partial charge in [-0.3, -0.25) is 14.7 Å². The molecule has 21 heavy (non-hydrogen) atoms. The Morgan fingerprint density at radius 3 is 2.90 bits per heavy atom. The van der Waals surface area contributed by atoms with Crippen LogP contribution in [0.5, 0.6) is 0 Å². The molecular formula is C15H24N4O2. The van der Waals surface area contributed by atoms with Crippen molar-refractivity contribution >= 4 is 11.8 Å². The van der Waals surface area contributed by atoms with E-state index in [0.29, 0.717) is 31.1 Å². The molecule has 1 aliphatic rings. The van der Waals surface area contributed by atoms with Crippen LogP contribution >= 0.6 is 0 Å². The van der Waals surface area contributed by atoms with E-state index in [2.05, 4.69) is 15.5 Å². The number of hydrogen-bond acceptors (Lipinski definition) is 3. The quantitative estimate of drug-likeness (QED) is 0.866. The molecule has 0 spiro atoms. The van der Waals surface area contributed by atoms with Gasteiger partial charge in [0.1, 0.15) is 5.69 Å². The number of carbonyl (C=O) groups is 2. The van der Waals surface area contributed by atoms with Gasteiger partial charge in [-0.05, 0) is 24.8 Å². The Balaban J connectivity index is 1.91. The van der Waals surface area contributed by atoms with E-state index >= 15 is 0 Å². The van der Waals surface area contributed by atoms with Crippen molar-refractivity contribution in [1.82, 2.24) is 20.4 Å². The molecule has 2 rings (SSSR count). The van der Waals surface area contributed by atoms with Crippen molar-refractivity contribution in [3.8, 4) is 0 Å². The number of aromatic amines is 1. The lowest BCUT2D eigenvalue weighted by Gasteiger charge is -2.16. The lowest BCUT2D eigenvalue weighted by atomic mass is 10.1. The molecule has 6 nitrogen and oxygen atoms in total. The van der Waals surface area contributed by atoms with E-state index in [1.165, 1.54) is 0 Å². The average Bonchev–Trinajstić information content (AvgIpc) is 3.06. The van der Waals surface area contributed by atoms with Crippen LogP contribution in [0.1, 0.15) is 62.1 Å². The number of nitrogens with zero attached hydrogens (tertiary/aromatic N) is 2. The molecule has 0 saturated carbocycles. The molecule has 1 aromatic rings. The van der Waals surface area contributed by atoms with E-state index in [1.807, 2.05) is 26.8 Å². The van der Waals surface area contributed by atoms with Gasteiger partial charge in [0.05, 0.1) is 5.69 Å². The zero-order chi connectivity index (χ0) is 15.4. The Kier molecular flexibility index (Phi) is 4.98. The lowest BCUT2D eigenvalue weighted by Crippen LogP contribution is -2.38. The maximum atomic E-state index is 12.4. The van der Waals surface area contributed by atoms with Crippen molar-refractivity contribution in [1.29, 1.82) is 0 Å². The van der Waals surface area contributed by atoms with Crippen LogP contribution in [0.2, 0.25) is 0 Å². The zero-order valence-electron chi connectivity index (χ0n) is 13.0. The Hall–Kier alpha value is -1.85. The Morgan fingerprint density at radius 1 is 1.52 bits per heavy atom. The Morgan fingerprint density at radius 2 is 2.29 bits per heavy atom. The first-order valence-corrected chi connectivity index (χ1v) is 7.65. The van der Waals surface area contributed by atoms with Crippen molar-refractivity contribution in [3.05, 3.63) is 17.5 Å². The maximum absolute atomic E-state index is 12.4. The van der Waals surface area contributed by atoms with Gasteiger partial charge in [-0.15, -0.1) is 0 Å². The van der Waals surface area contributed by atoms with Crippen LogP contribution < -0.4 is 5.32 Å². The smallest absolute Gasteiger partial charge is 0.271 e. The fourth-order valence-corrected chi connectivity index (χ4v) is 2.50. The molecule has 1 aromatic heterocycles. The summed E-state index contributed by atoms with van der Waals surface area (Å²) in [7, 11) is 0. The fourth-order valence-electron chi connectivity index (χ4n) is 2.50. The average molecular weight is 292 g/mol. The van der Waals surface area contributed by atoms with Gasteiger partial charge in [0.2, 0.25) is 5.91 Å². The van der Waals surface area contributed by atoms with Crippen LogP contribution in [0.3, 0.4) is 0 Å². The van der Waals surface area contributed by atoms with E-state index in [9.17, 15) is 9.59 Å². The van der Waals surface area contributed by atoms with E-state index in [4.69, 9.17) is 0 Å². The van der Waals surface area contributed by atoms with E-state index in [-0.39, 0.29) is 17.9 Å². The Labute approximate surface area is 125 Å². The molecule has 1 fully saturated rings. The molecule has 1 atom stereocenters. The predicted octanol–water partition coefficient (Wildman–Crippen LogP) is 1.66. The molecule has 6 heteroatoms. The summed E-state index contributed by atoms with van der Waals surface area (Å²) in [5.41, 5.74) is 1.42. The van der Waals surface area contributed by atoms with Crippen LogP contribution in [0.4, 0.5) is 0 Å². The highest BCUT2D eigenvalue weighted by atomic mass is 16.2. The number of H-pyrrole nitrogens is 1.